The third-order valence-corrected chi connectivity index (χ3v) is 5.51. The molecule has 8 heteroatoms. The highest BCUT2D eigenvalue weighted by Gasteiger charge is 2.22. The Labute approximate surface area is 132 Å². The Morgan fingerprint density at radius 3 is 2.62 bits per heavy atom. The van der Waals surface area contributed by atoms with Gasteiger partial charge >= 0.3 is 0 Å². The van der Waals surface area contributed by atoms with Crippen LogP contribution < -0.4 is 10.5 Å². The monoisotopic (exact) mass is 379 g/mol. The summed E-state index contributed by atoms with van der Waals surface area (Å²) in [5, 5.41) is 0. The third-order valence-electron chi connectivity index (χ3n) is 3.48. The summed E-state index contributed by atoms with van der Waals surface area (Å²) >= 11 is 2.96. The first-order valence-corrected chi connectivity index (χ1v) is 9.14. The Kier molecular flexibility index (Phi) is 5.59. The zero-order valence-corrected chi connectivity index (χ0v) is 14.0. The van der Waals surface area contributed by atoms with Gasteiger partial charge in [-0.3, -0.25) is 0 Å². The molecule has 118 valence electrons. The minimum absolute atomic E-state index is 0.0407. The minimum Gasteiger partial charge on any atom is -0.399 e. The van der Waals surface area contributed by atoms with Crippen LogP contribution in [0.3, 0.4) is 0 Å². The second-order valence-electron chi connectivity index (χ2n) is 5.11. The number of nitrogens with one attached hydrogen (secondary N) is 1. The Balaban J connectivity index is 2.01. The normalized spacial score (nSPS) is 17.0. The van der Waals surface area contributed by atoms with Gasteiger partial charge < -0.3 is 10.6 Å². The number of halogens is 2. The molecule has 0 unspecified atom stereocenters. The van der Waals surface area contributed by atoms with E-state index in [1.54, 1.807) is 0 Å². The predicted molar refractivity (Wildman–Crippen MR) is 84.0 cm³/mol. The standard InChI is InChI=1S/C13H19BrFN3O2S/c14-11-8-10(16)9-12(13(11)15)21(19,20)17-4-7-18-5-2-1-3-6-18/h8-9,17H,1-7,16H2. The molecule has 0 aromatic heterocycles. The van der Waals surface area contributed by atoms with Crippen molar-refractivity contribution in [2.45, 2.75) is 24.2 Å². The summed E-state index contributed by atoms with van der Waals surface area (Å²) in [6.45, 7) is 2.86. The van der Waals surface area contributed by atoms with Gasteiger partial charge in [-0.05, 0) is 54.0 Å². The summed E-state index contributed by atoms with van der Waals surface area (Å²) in [6.07, 6.45) is 3.51. The third kappa shape index (κ3) is 4.38. The summed E-state index contributed by atoms with van der Waals surface area (Å²) in [7, 11) is -3.90. The number of sulfonamides is 1. The van der Waals surface area contributed by atoms with Crippen LogP contribution in [0.1, 0.15) is 19.3 Å². The molecule has 1 heterocycles. The van der Waals surface area contributed by atoms with Crippen LogP contribution in [-0.4, -0.2) is 39.5 Å². The summed E-state index contributed by atoms with van der Waals surface area (Å²) < 4.78 is 40.7. The number of hydrogen-bond acceptors (Lipinski definition) is 4. The fraction of sp³-hybridized carbons (Fsp3) is 0.538. The van der Waals surface area contributed by atoms with Crippen LogP contribution >= 0.6 is 15.9 Å². The van der Waals surface area contributed by atoms with Crippen molar-refractivity contribution in [2.75, 3.05) is 31.9 Å². The number of nitrogen functional groups attached to an aromatic ring is 1. The second kappa shape index (κ2) is 7.04. The highest BCUT2D eigenvalue weighted by Crippen LogP contribution is 2.25. The van der Waals surface area contributed by atoms with Gasteiger partial charge in [0.25, 0.3) is 0 Å². The topological polar surface area (TPSA) is 75.4 Å². The van der Waals surface area contributed by atoms with E-state index in [1.165, 1.54) is 12.5 Å². The SMILES string of the molecule is Nc1cc(Br)c(F)c(S(=O)(=O)NCCN2CCCCC2)c1. The van der Waals surface area contributed by atoms with Crippen LogP contribution in [0.4, 0.5) is 10.1 Å². The molecule has 1 aliphatic rings. The number of nitrogens with two attached hydrogens (primary N) is 1. The van der Waals surface area contributed by atoms with E-state index in [9.17, 15) is 12.8 Å². The molecule has 2 rings (SSSR count). The maximum absolute atomic E-state index is 13.9. The molecule has 0 bridgehead atoms. The smallest absolute Gasteiger partial charge is 0.243 e. The summed E-state index contributed by atoms with van der Waals surface area (Å²) in [4.78, 5) is 1.78. The van der Waals surface area contributed by atoms with Crippen molar-refractivity contribution in [3.8, 4) is 0 Å². The molecule has 0 spiro atoms. The van der Waals surface area contributed by atoms with E-state index in [-0.39, 0.29) is 16.7 Å². The Hall–Kier alpha value is -0.700. The predicted octanol–water partition coefficient (Wildman–Crippen LogP) is 1.93. The molecule has 21 heavy (non-hydrogen) atoms. The van der Waals surface area contributed by atoms with Crippen molar-refractivity contribution in [1.29, 1.82) is 0 Å². The lowest BCUT2D eigenvalue weighted by Gasteiger charge is -2.26. The molecular weight excluding hydrogens is 361 g/mol. The van der Waals surface area contributed by atoms with Crippen molar-refractivity contribution in [3.63, 3.8) is 0 Å². The average molecular weight is 380 g/mol. The number of anilines is 1. The van der Waals surface area contributed by atoms with Crippen molar-refractivity contribution in [3.05, 3.63) is 22.4 Å². The Morgan fingerprint density at radius 1 is 1.29 bits per heavy atom. The summed E-state index contributed by atoms with van der Waals surface area (Å²) in [5.41, 5.74) is 5.77. The van der Waals surface area contributed by atoms with E-state index in [4.69, 9.17) is 5.73 Å². The van der Waals surface area contributed by atoms with Crippen LogP contribution in [0.2, 0.25) is 0 Å². The number of rotatable bonds is 5. The van der Waals surface area contributed by atoms with Gasteiger partial charge in [-0.25, -0.2) is 17.5 Å². The molecule has 1 fully saturated rings. The number of nitrogens with zero attached hydrogens (tertiary/aromatic N) is 1. The van der Waals surface area contributed by atoms with Gasteiger partial charge in [0.2, 0.25) is 10.0 Å². The Morgan fingerprint density at radius 2 is 1.95 bits per heavy atom. The number of likely N-dealkylation sites (tertiary alicyclic amines) is 1. The fourth-order valence-electron chi connectivity index (χ4n) is 2.38. The van der Waals surface area contributed by atoms with E-state index in [0.29, 0.717) is 6.54 Å². The molecule has 5 nitrogen and oxygen atoms in total. The van der Waals surface area contributed by atoms with E-state index in [0.717, 1.165) is 32.0 Å². The molecule has 1 aromatic rings. The van der Waals surface area contributed by atoms with E-state index < -0.39 is 20.7 Å². The lowest BCUT2D eigenvalue weighted by molar-refractivity contribution is 0.232. The largest absolute Gasteiger partial charge is 0.399 e. The number of hydrogen-bond donors (Lipinski definition) is 2. The molecule has 1 saturated heterocycles. The van der Waals surface area contributed by atoms with Crippen LogP contribution in [0.25, 0.3) is 0 Å². The van der Waals surface area contributed by atoms with Crippen molar-refractivity contribution in [1.82, 2.24) is 9.62 Å². The van der Waals surface area contributed by atoms with E-state index >= 15 is 0 Å². The van der Waals surface area contributed by atoms with Gasteiger partial charge in [0.1, 0.15) is 4.90 Å². The molecule has 1 aliphatic heterocycles. The summed E-state index contributed by atoms with van der Waals surface area (Å²) in [6, 6.07) is 2.46. The van der Waals surface area contributed by atoms with Gasteiger partial charge in [0.05, 0.1) is 4.47 Å². The van der Waals surface area contributed by atoms with Gasteiger partial charge in [0.15, 0.2) is 5.82 Å². The van der Waals surface area contributed by atoms with Crippen LogP contribution in [0.5, 0.6) is 0 Å². The Bertz CT molecular complexity index is 604. The number of benzene rings is 1. The molecule has 0 amide bonds. The highest BCUT2D eigenvalue weighted by atomic mass is 79.9. The first-order valence-electron chi connectivity index (χ1n) is 6.87. The van der Waals surface area contributed by atoms with Gasteiger partial charge in [-0.2, -0.15) is 0 Å². The molecule has 0 atom stereocenters. The van der Waals surface area contributed by atoms with Gasteiger partial charge in [0, 0.05) is 18.8 Å². The lowest BCUT2D eigenvalue weighted by Crippen LogP contribution is -2.37. The first-order chi connectivity index (χ1) is 9.90. The van der Waals surface area contributed by atoms with Gasteiger partial charge in [-0.1, -0.05) is 6.42 Å². The summed E-state index contributed by atoms with van der Waals surface area (Å²) in [5.74, 6) is -0.824. The van der Waals surface area contributed by atoms with Crippen molar-refractivity contribution < 1.29 is 12.8 Å². The molecule has 0 saturated carbocycles. The van der Waals surface area contributed by atoms with Crippen LogP contribution in [-0.2, 0) is 10.0 Å². The highest BCUT2D eigenvalue weighted by molar-refractivity contribution is 9.10. The van der Waals surface area contributed by atoms with Crippen molar-refractivity contribution >= 4 is 31.6 Å². The number of piperidine rings is 1. The minimum atomic E-state index is -3.90. The van der Waals surface area contributed by atoms with E-state index in [2.05, 4.69) is 25.6 Å². The zero-order chi connectivity index (χ0) is 15.5. The van der Waals surface area contributed by atoms with Gasteiger partial charge in [-0.15, -0.1) is 0 Å². The molecule has 3 N–H and O–H groups in total. The first kappa shape index (κ1) is 16.7. The zero-order valence-electron chi connectivity index (χ0n) is 11.6. The van der Waals surface area contributed by atoms with E-state index in [1.807, 2.05) is 0 Å². The fourth-order valence-corrected chi connectivity index (χ4v) is 4.14. The lowest BCUT2D eigenvalue weighted by atomic mass is 10.1. The molecule has 0 radical (unpaired) electrons. The molecule has 0 aliphatic carbocycles. The molecular formula is C13H19BrFN3O2S. The maximum atomic E-state index is 13.9. The maximum Gasteiger partial charge on any atom is 0.243 e. The second-order valence-corrected chi connectivity index (χ2v) is 7.70. The van der Waals surface area contributed by atoms with Crippen molar-refractivity contribution in [2.24, 2.45) is 0 Å². The molecule has 1 aromatic carbocycles. The van der Waals surface area contributed by atoms with Crippen LogP contribution in [0, 0.1) is 5.82 Å². The average Bonchev–Trinajstić information content (AvgIpc) is 2.43. The van der Waals surface area contributed by atoms with Crippen LogP contribution in [0.15, 0.2) is 21.5 Å². The quantitative estimate of drug-likeness (QED) is 0.766.